The van der Waals surface area contributed by atoms with Crippen molar-refractivity contribution in [2.75, 3.05) is 0 Å². The van der Waals surface area contributed by atoms with Gasteiger partial charge in [-0.25, -0.2) is 4.79 Å². The Morgan fingerprint density at radius 1 is 1.10 bits per heavy atom. The van der Waals surface area contributed by atoms with Crippen LogP contribution >= 0.6 is 0 Å². The molecule has 2 aromatic carbocycles. The first kappa shape index (κ1) is 14.1. The second kappa shape index (κ2) is 5.75. The molecule has 3 N–H and O–H groups in total. The molecule has 6 nitrogen and oxygen atoms in total. The van der Waals surface area contributed by atoms with Crippen molar-refractivity contribution in [1.82, 2.24) is 0 Å². The van der Waals surface area contributed by atoms with Crippen molar-refractivity contribution >= 4 is 11.9 Å². The summed E-state index contributed by atoms with van der Waals surface area (Å²) in [5, 5.41) is 17.9. The van der Waals surface area contributed by atoms with Crippen molar-refractivity contribution in [2.45, 2.75) is 0 Å². The van der Waals surface area contributed by atoms with Crippen molar-refractivity contribution in [3.05, 3.63) is 59.2 Å². The van der Waals surface area contributed by atoms with Crippen molar-refractivity contribution in [2.24, 2.45) is 5.73 Å². The van der Waals surface area contributed by atoms with E-state index in [4.69, 9.17) is 20.8 Å². The van der Waals surface area contributed by atoms with Gasteiger partial charge in [0.15, 0.2) is 0 Å². The molecule has 0 saturated carbocycles. The highest BCUT2D eigenvalue weighted by molar-refractivity contribution is 5.92. The van der Waals surface area contributed by atoms with Crippen LogP contribution in [0.2, 0.25) is 0 Å². The van der Waals surface area contributed by atoms with Crippen LogP contribution in [0, 0.1) is 11.3 Å². The second-order valence-corrected chi connectivity index (χ2v) is 4.12. The zero-order valence-electron chi connectivity index (χ0n) is 10.7. The molecule has 0 unspecified atom stereocenters. The molecule has 104 valence electrons. The number of carboxylic acids is 1. The smallest absolute Gasteiger partial charge is 0.335 e. The number of nitrogens with two attached hydrogens (primary N) is 1. The Balaban J connectivity index is 2.29. The lowest BCUT2D eigenvalue weighted by atomic mass is 10.1. The molecular weight excluding hydrogens is 272 g/mol. The Labute approximate surface area is 120 Å². The Bertz CT molecular complexity index is 745. The standard InChI is InChI=1S/C15H10N2O4/c16-8-11-7-10(15(19)20)3-6-13(11)21-12-4-1-9(2-5-12)14(17)18/h1-7H,(H2,17,18)(H,19,20). The molecule has 0 fully saturated rings. The topological polar surface area (TPSA) is 113 Å². The number of benzene rings is 2. The van der Waals surface area contributed by atoms with Gasteiger partial charge >= 0.3 is 5.97 Å². The van der Waals surface area contributed by atoms with E-state index in [-0.39, 0.29) is 16.9 Å². The summed E-state index contributed by atoms with van der Waals surface area (Å²) >= 11 is 0. The van der Waals surface area contributed by atoms with Crippen LogP contribution in [0.15, 0.2) is 42.5 Å². The maximum atomic E-state index is 11.0. The molecule has 2 aromatic rings. The van der Waals surface area contributed by atoms with Gasteiger partial charge in [0.1, 0.15) is 17.6 Å². The Kier molecular flexibility index (Phi) is 3.86. The molecule has 0 aromatic heterocycles. The lowest BCUT2D eigenvalue weighted by Gasteiger charge is -2.08. The molecule has 0 atom stereocenters. The van der Waals surface area contributed by atoms with Crippen LogP contribution in [0.25, 0.3) is 0 Å². The van der Waals surface area contributed by atoms with Crippen LogP contribution in [0.5, 0.6) is 11.5 Å². The van der Waals surface area contributed by atoms with Gasteiger partial charge in [-0.2, -0.15) is 5.26 Å². The Hall–Kier alpha value is -3.33. The first-order valence-electron chi connectivity index (χ1n) is 5.86. The van der Waals surface area contributed by atoms with Crippen LogP contribution in [-0.4, -0.2) is 17.0 Å². The predicted octanol–water partition coefficient (Wildman–Crippen LogP) is 2.15. The number of nitrogens with zero attached hydrogens (tertiary/aromatic N) is 1. The minimum Gasteiger partial charge on any atom is -0.478 e. The predicted molar refractivity (Wildman–Crippen MR) is 73.2 cm³/mol. The van der Waals surface area contributed by atoms with Gasteiger partial charge in [0.25, 0.3) is 0 Å². The van der Waals surface area contributed by atoms with E-state index < -0.39 is 11.9 Å². The van der Waals surface area contributed by atoms with Crippen LogP contribution in [0.3, 0.4) is 0 Å². The lowest BCUT2D eigenvalue weighted by Crippen LogP contribution is -2.10. The second-order valence-electron chi connectivity index (χ2n) is 4.12. The van der Waals surface area contributed by atoms with Crippen LogP contribution < -0.4 is 10.5 Å². The zero-order chi connectivity index (χ0) is 15.4. The summed E-state index contributed by atoms with van der Waals surface area (Å²) in [5.41, 5.74) is 5.57. The number of hydrogen-bond acceptors (Lipinski definition) is 4. The average Bonchev–Trinajstić information content (AvgIpc) is 2.48. The highest BCUT2D eigenvalue weighted by Crippen LogP contribution is 2.26. The van der Waals surface area contributed by atoms with Gasteiger partial charge in [-0.1, -0.05) is 0 Å². The van der Waals surface area contributed by atoms with E-state index in [1.807, 2.05) is 6.07 Å². The molecule has 0 bridgehead atoms. The summed E-state index contributed by atoms with van der Waals surface area (Å²) in [6.45, 7) is 0. The summed E-state index contributed by atoms with van der Waals surface area (Å²) in [6, 6.07) is 11.9. The van der Waals surface area contributed by atoms with E-state index in [1.54, 1.807) is 0 Å². The van der Waals surface area contributed by atoms with Gasteiger partial charge in [0.2, 0.25) is 5.91 Å². The molecule has 0 radical (unpaired) electrons. The summed E-state index contributed by atoms with van der Waals surface area (Å²) < 4.78 is 5.50. The normalized spacial score (nSPS) is 9.67. The molecule has 2 rings (SSSR count). The van der Waals surface area contributed by atoms with E-state index in [9.17, 15) is 9.59 Å². The van der Waals surface area contributed by atoms with Crippen molar-refractivity contribution < 1.29 is 19.4 Å². The number of rotatable bonds is 4. The SMILES string of the molecule is N#Cc1cc(C(=O)O)ccc1Oc1ccc(C(N)=O)cc1. The number of nitriles is 1. The molecule has 21 heavy (non-hydrogen) atoms. The summed E-state index contributed by atoms with van der Waals surface area (Å²) in [5.74, 6) is -1.04. The van der Waals surface area contributed by atoms with Crippen LogP contribution in [-0.2, 0) is 0 Å². The molecule has 0 heterocycles. The van der Waals surface area contributed by atoms with Gasteiger partial charge in [-0.3, -0.25) is 4.79 Å². The number of carbonyl (C=O) groups excluding carboxylic acids is 1. The van der Waals surface area contributed by atoms with Gasteiger partial charge < -0.3 is 15.6 Å². The maximum Gasteiger partial charge on any atom is 0.335 e. The first-order valence-corrected chi connectivity index (χ1v) is 5.86. The molecule has 1 amide bonds. The third-order valence-electron chi connectivity index (χ3n) is 2.71. The molecule has 0 aliphatic heterocycles. The first-order chi connectivity index (χ1) is 10.0. The number of hydrogen-bond donors (Lipinski definition) is 2. The zero-order valence-corrected chi connectivity index (χ0v) is 10.7. The molecule has 0 aliphatic rings. The summed E-state index contributed by atoms with van der Waals surface area (Å²) in [7, 11) is 0. The number of amides is 1. The molecule has 0 saturated heterocycles. The van der Waals surface area contributed by atoms with E-state index in [0.29, 0.717) is 11.3 Å². The fraction of sp³-hybridized carbons (Fsp3) is 0. The van der Waals surface area contributed by atoms with E-state index in [2.05, 4.69) is 0 Å². The molecule has 6 heteroatoms. The Morgan fingerprint density at radius 3 is 2.24 bits per heavy atom. The number of ether oxygens (including phenoxy) is 1. The third kappa shape index (κ3) is 3.16. The largest absolute Gasteiger partial charge is 0.478 e. The van der Waals surface area contributed by atoms with Gasteiger partial charge in [0.05, 0.1) is 11.1 Å². The average molecular weight is 282 g/mol. The monoisotopic (exact) mass is 282 g/mol. The Morgan fingerprint density at radius 2 is 1.71 bits per heavy atom. The van der Waals surface area contributed by atoms with Crippen molar-refractivity contribution in [3.63, 3.8) is 0 Å². The van der Waals surface area contributed by atoms with Gasteiger partial charge in [-0.15, -0.1) is 0 Å². The number of carbonyl (C=O) groups is 2. The van der Waals surface area contributed by atoms with Crippen LogP contribution in [0.1, 0.15) is 26.3 Å². The van der Waals surface area contributed by atoms with E-state index >= 15 is 0 Å². The highest BCUT2D eigenvalue weighted by Gasteiger charge is 2.10. The van der Waals surface area contributed by atoms with E-state index in [0.717, 1.165) is 0 Å². The van der Waals surface area contributed by atoms with Crippen molar-refractivity contribution in [1.29, 1.82) is 5.26 Å². The summed E-state index contributed by atoms with van der Waals surface area (Å²) in [4.78, 5) is 21.8. The lowest BCUT2D eigenvalue weighted by molar-refractivity contribution is 0.0696. The van der Waals surface area contributed by atoms with E-state index in [1.165, 1.54) is 42.5 Å². The van der Waals surface area contributed by atoms with Gasteiger partial charge in [0, 0.05) is 5.56 Å². The van der Waals surface area contributed by atoms with Gasteiger partial charge in [-0.05, 0) is 42.5 Å². The molecule has 0 spiro atoms. The quantitative estimate of drug-likeness (QED) is 0.891. The van der Waals surface area contributed by atoms with Crippen LogP contribution in [0.4, 0.5) is 0 Å². The fourth-order valence-electron chi connectivity index (χ4n) is 1.65. The minimum atomic E-state index is -1.12. The summed E-state index contributed by atoms with van der Waals surface area (Å²) in [6.07, 6.45) is 0. The molecular formula is C15H10N2O4. The number of carboxylic acid groups (broad SMARTS) is 1. The third-order valence-corrected chi connectivity index (χ3v) is 2.71. The minimum absolute atomic E-state index is 0.00276. The number of aromatic carboxylic acids is 1. The maximum absolute atomic E-state index is 11.0. The fourth-order valence-corrected chi connectivity index (χ4v) is 1.65. The molecule has 0 aliphatic carbocycles. The number of primary amides is 1. The highest BCUT2D eigenvalue weighted by atomic mass is 16.5. The van der Waals surface area contributed by atoms with Crippen molar-refractivity contribution in [3.8, 4) is 17.6 Å².